The van der Waals surface area contributed by atoms with E-state index in [1.54, 1.807) is 0 Å². The highest BCUT2D eigenvalue weighted by Crippen LogP contribution is 2.27. The Labute approximate surface area is 118 Å². The molecule has 0 saturated carbocycles. The molecule has 0 aliphatic rings. The van der Waals surface area contributed by atoms with Crippen LogP contribution in [-0.4, -0.2) is 18.3 Å². The fraction of sp³-hybridized carbons (Fsp3) is 0.0909. The van der Waals surface area contributed by atoms with Gasteiger partial charge in [-0.15, -0.1) is 0 Å². The number of nitriles is 2. The Kier molecular flexibility index (Phi) is 5.62. The van der Waals surface area contributed by atoms with E-state index in [1.807, 2.05) is 0 Å². The van der Waals surface area contributed by atoms with Crippen LogP contribution < -0.4 is 4.74 Å². The van der Waals surface area contributed by atoms with Crippen molar-refractivity contribution in [3.8, 4) is 17.9 Å². The number of hydrogen-bond acceptors (Lipinski definition) is 6. The van der Waals surface area contributed by atoms with Crippen molar-refractivity contribution in [2.24, 2.45) is 5.16 Å². The Bertz CT molecular complexity index is 586. The summed E-state index contributed by atoms with van der Waals surface area (Å²) < 4.78 is 5.05. The van der Waals surface area contributed by atoms with Crippen LogP contribution >= 0.6 is 23.2 Å². The summed E-state index contributed by atoms with van der Waals surface area (Å²) in [7, 11) is 0. The van der Waals surface area contributed by atoms with Crippen molar-refractivity contribution in [2.45, 2.75) is 0 Å². The fourth-order valence-corrected chi connectivity index (χ4v) is 1.38. The van der Waals surface area contributed by atoms with Gasteiger partial charge in [-0.1, -0.05) is 28.4 Å². The van der Waals surface area contributed by atoms with Gasteiger partial charge in [-0.25, -0.2) is 4.79 Å². The van der Waals surface area contributed by atoms with Crippen molar-refractivity contribution in [1.29, 1.82) is 10.5 Å². The Morgan fingerprint density at radius 3 is 2.58 bits per heavy atom. The van der Waals surface area contributed by atoms with Gasteiger partial charge in [0.25, 0.3) is 5.71 Å². The van der Waals surface area contributed by atoms with Gasteiger partial charge in [-0.2, -0.15) is 10.5 Å². The summed E-state index contributed by atoms with van der Waals surface area (Å²) >= 11 is 11.5. The number of ether oxygens (including phenoxy) is 1. The fourth-order valence-electron chi connectivity index (χ4n) is 0.918. The quantitative estimate of drug-likeness (QED) is 0.483. The molecule has 0 atom stereocenters. The van der Waals surface area contributed by atoms with Crippen LogP contribution in [0.4, 0.5) is 0 Å². The number of hydrogen-bond donors (Lipinski definition) is 0. The van der Waals surface area contributed by atoms with E-state index >= 15 is 0 Å². The molecule has 0 amide bonds. The van der Waals surface area contributed by atoms with E-state index in [1.165, 1.54) is 30.3 Å². The van der Waals surface area contributed by atoms with Crippen LogP contribution in [0.3, 0.4) is 0 Å². The maximum atomic E-state index is 11.2. The first-order valence-corrected chi connectivity index (χ1v) is 5.48. The Morgan fingerprint density at radius 1 is 1.32 bits per heavy atom. The molecule has 6 nitrogen and oxygen atoms in total. The van der Waals surface area contributed by atoms with E-state index in [0.717, 1.165) is 0 Å². The number of benzene rings is 1. The first-order valence-electron chi connectivity index (χ1n) is 4.72. The summed E-state index contributed by atoms with van der Waals surface area (Å²) in [6.45, 7) is -0.477. The highest BCUT2D eigenvalue weighted by atomic mass is 35.5. The van der Waals surface area contributed by atoms with Gasteiger partial charge in [0.05, 0.1) is 5.02 Å². The average Bonchev–Trinajstić information content (AvgIpc) is 2.39. The Morgan fingerprint density at radius 2 is 2.00 bits per heavy atom. The van der Waals surface area contributed by atoms with Crippen molar-refractivity contribution in [3.05, 3.63) is 28.2 Å². The number of carbonyl (C=O) groups is 1. The SMILES string of the molecule is N#CC(C#N)=NOC(=O)COc1ccc(Cl)cc1Cl. The van der Waals surface area contributed by atoms with Gasteiger partial charge in [0.1, 0.15) is 17.9 Å². The Balaban J connectivity index is 2.54. The van der Waals surface area contributed by atoms with Gasteiger partial charge in [-0.3, -0.25) is 0 Å². The first-order chi connectivity index (χ1) is 9.06. The molecule has 1 aromatic carbocycles. The van der Waals surface area contributed by atoms with Gasteiger partial charge in [0.15, 0.2) is 6.61 Å². The Hall–Kier alpha value is -2.28. The van der Waals surface area contributed by atoms with Crippen LogP contribution in [0.15, 0.2) is 23.4 Å². The topological polar surface area (TPSA) is 95.5 Å². The summed E-state index contributed by atoms with van der Waals surface area (Å²) in [5.74, 6) is -0.637. The number of nitrogens with zero attached hydrogens (tertiary/aromatic N) is 3. The molecule has 1 rings (SSSR count). The van der Waals surface area contributed by atoms with Crippen molar-refractivity contribution in [3.63, 3.8) is 0 Å². The van der Waals surface area contributed by atoms with E-state index in [9.17, 15) is 4.79 Å². The lowest BCUT2D eigenvalue weighted by Gasteiger charge is -2.05. The smallest absolute Gasteiger partial charge is 0.372 e. The molecule has 8 heteroatoms. The minimum absolute atomic E-state index is 0.235. The maximum Gasteiger partial charge on any atom is 0.372 e. The molecule has 0 spiro atoms. The molecule has 0 saturated heterocycles. The molecule has 96 valence electrons. The van der Waals surface area contributed by atoms with Gasteiger partial charge in [0.2, 0.25) is 0 Å². The third-order valence-corrected chi connectivity index (χ3v) is 2.22. The highest BCUT2D eigenvalue weighted by molar-refractivity contribution is 6.35. The molecule has 19 heavy (non-hydrogen) atoms. The summed E-state index contributed by atoms with van der Waals surface area (Å²) in [6.07, 6.45) is 0. The molecule has 0 fully saturated rings. The number of oxime groups is 1. The van der Waals surface area contributed by atoms with Gasteiger partial charge < -0.3 is 9.57 Å². The van der Waals surface area contributed by atoms with Crippen LogP contribution in [0, 0.1) is 22.7 Å². The molecule has 0 radical (unpaired) electrons. The zero-order chi connectivity index (χ0) is 14.3. The summed E-state index contributed by atoms with van der Waals surface area (Å²) in [4.78, 5) is 15.5. The van der Waals surface area contributed by atoms with E-state index in [-0.39, 0.29) is 10.8 Å². The molecule has 0 aliphatic heterocycles. The normalized spacial score (nSPS) is 8.84. The second-order valence-electron chi connectivity index (χ2n) is 2.99. The zero-order valence-corrected chi connectivity index (χ0v) is 10.8. The number of carbonyl (C=O) groups excluding carboxylic acids is 1. The van der Waals surface area contributed by atoms with E-state index < -0.39 is 18.3 Å². The van der Waals surface area contributed by atoms with Crippen molar-refractivity contribution in [2.75, 3.05) is 6.61 Å². The second kappa shape index (κ2) is 7.22. The van der Waals surface area contributed by atoms with Crippen molar-refractivity contribution >= 4 is 34.9 Å². The van der Waals surface area contributed by atoms with Crippen LogP contribution in [-0.2, 0) is 9.63 Å². The van der Waals surface area contributed by atoms with Crippen LogP contribution in [0.1, 0.15) is 0 Å². The van der Waals surface area contributed by atoms with Crippen LogP contribution in [0.25, 0.3) is 0 Å². The molecule has 1 aromatic rings. The summed E-state index contributed by atoms with van der Waals surface area (Å²) in [5, 5.41) is 20.4. The molecule has 0 N–H and O–H groups in total. The number of halogens is 2. The minimum atomic E-state index is -0.881. The van der Waals surface area contributed by atoms with Crippen molar-refractivity contribution < 1.29 is 14.4 Å². The predicted molar refractivity (Wildman–Crippen MR) is 66.7 cm³/mol. The third kappa shape index (κ3) is 4.84. The van der Waals surface area contributed by atoms with Gasteiger partial charge in [-0.05, 0) is 18.2 Å². The monoisotopic (exact) mass is 297 g/mol. The van der Waals surface area contributed by atoms with E-state index in [2.05, 4.69) is 9.99 Å². The van der Waals surface area contributed by atoms with Gasteiger partial charge in [0, 0.05) is 5.02 Å². The first kappa shape index (κ1) is 14.8. The van der Waals surface area contributed by atoms with Crippen LogP contribution in [0.5, 0.6) is 5.75 Å². The lowest BCUT2D eigenvalue weighted by atomic mass is 10.3. The highest BCUT2D eigenvalue weighted by Gasteiger charge is 2.08. The standard InChI is InChI=1S/C11H5Cl2N3O3/c12-7-1-2-10(9(13)3-7)18-6-11(17)19-16-8(4-14)5-15/h1-3H,6H2. The zero-order valence-electron chi connectivity index (χ0n) is 9.26. The van der Waals surface area contributed by atoms with E-state index in [4.69, 9.17) is 38.5 Å². The number of rotatable bonds is 4. The molecule has 0 bridgehead atoms. The maximum absolute atomic E-state index is 11.2. The second-order valence-corrected chi connectivity index (χ2v) is 3.83. The van der Waals surface area contributed by atoms with Gasteiger partial charge >= 0.3 is 5.97 Å². The minimum Gasteiger partial charge on any atom is -0.480 e. The summed E-state index contributed by atoms with van der Waals surface area (Å²) in [5.41, 5.74) is -0.571. The third-order valence-electron chi connectivity index (χ3n) is 1.69. The van der Waals surface area contributed by atoms with Crippen LogP contribution in [0.2, 0.25) is 10.0 Å². The predicted octanol–water partition coefficient (Wildman–Crippen LogP) is 2.32. The molecule has 0 aliphatic carbocycles. The molecule has 0 aromatic heterocycles. The lowest BCUT2D eigenvalue weighted by Crippen LogP contribution is -2.13. The largest absolute Gasteiger partial charge is 0.480 e. The average molecular weight is 298 g/mol. The van der Waals surface area contributed by atoms with E-state index in [0.29, 0.717) is 5.02 Å². The van der Waals surface area contributed by atoms with Crippen molar-refractivity contribution in [1.82, 2.24) is 0 Å². The molecular formula is C11H5Cl2N3O3. The molecule has 0 heterocycles. The molecular weight excluding hydrogens is 293 g/mol. The summed E-state index contributed by atoms with van der Waals surface area (Å²) in [6, 6.07) is 7.33. The lowest BCUT2D eigenvalue weighted by molar-refractivity contribution is -0.145. The molecule has 0 unspecified atom stereocenters.